The molecule has 82 valence electrons. The summed E-state index contributed by atoms with van der Waals surface area (Å²) in [6.07, 6.45) is 4.13. The van der Waals surface area contributed by atoms with Crippen molar-refractivity contribution in [2.75, 3.05) is 14.1 Å². The molecule has 1 heterocycles. The van der Waals surface area contributed by atoms with E-state index in [1.54, 1.807) is 11.3 Å². The van der Waals surface area contributed by atoms with Crippen LogP contribution in [0.5, 0.6) is 0 Å². The Labute approximate surface area is 105 Å². The Hall–Kier alpha value is -1.19. The van der Waals surface area contributed by atoms with Crippen molar-refractivity contribution in [2.45, 2.75) is 0 Å². The second-order valence-electron chi connectivity index (χ2n) is 3.79. The minimum atomic E-state index is 0.924. The van der Waals surface area contributed by atoms with Gasteiger partial charge in [0, 0.05) is 33.6 Å². The normalized spacial score (nSPS) is 11.1. The summed E-state index contributed by atoms with van der Waals surface area (Å²) in [6.45, 7) is 0. The van der Waals surface area contributed by atoms with Crippen molar-refractivity contribution in [3.63, 3.8) is 0 Å². The van der Waals surface area contributed by atoms with E-state index in [0.717, 1.165) is 4.51 Å². The van der Waals surface area contributed by atoms with Crippen LogP contribution in [0.25, 0.3) is 16.2 Å². The lowest BCUT2D eigenvalue weighted by atomic mass is 10.2. The van der Waals surface area contributed by atoms with E-state index in [0.29, 0.717) is 0 Å². The molecule has 3 heteroatoms. The fraction of sp³-hybridized carbons (Fsp3) is 0.154. The Bertz CT molecular complexity index is 582. The summed E-state index contributed by atoms with van der Waals surface area (Å²) < 4.78 is 2.17. The third-order valence-corrected chi connectivity index (χ3v) is 3.59. The number of fused-ring (bicyclic) bond motifs is 1. The first-order valence-corrected chi connectivity index (χ1v) is 6.27. The fourth-order valence-electron chi connectivity index (χ4n) is 1.43. The smallest absolute Gasteiger partial charge is 0.0477 e. The number of hydrogen-bond acceptors (Lipinski definition) is 3. The average Bonchev–Trinajstić information content (AvgIpc) is 2.26. The van der Waals surface area contributed by atoms with E-state index in [1.165, 1.54) is 15.0 Å². The highest BCUT2D eigenvalue weighted by molar-refractivity contribution is 7.71. The van der Waals surface area contributed by atoms with Crippen molar-refractivity contribution >= 4 is 39.7 Å². The highest BCUT2D eigenvalue weighted by Gasteiger charge is 1.97. The highest BCUT2D eigenvalue weighted by atomic mass is 32.1. The van der Waals surface area contributed by atoms with Gasteiger partial charge in [0.1, 0.15) is 0 Å². The van der Waals surface area contributed by atoms with Crippen LogP contribution in [0.2, 0.25) is 0 Å². The SMILES string of the molecule is CN(C)C=Cc1cc(=S)c2ccccc2s1. The van der Waals surface area contributed by atoms with E-state index in [1.807, 2.05) is 37.3 Å². The van der Waals surface area contributed by atoms with E-state index in [-0.39, 0.29) is 0 Å². The first-order chi connectivity index (χ1) is 7.66. The molecule has 1 aromatic carbocycles. The van der Waals surface area contributed by atoms with Crippen LogP contribution in [0.4, 0.5) is 0 Å². The first kappa shape index (κ1) is 11.3. The maximum absolute atomic E-state index is 5.38. The summed E-state index contributed by atoms with van der Waals surface area (Å²) in [6, 6.07) is 10.3. The molecule has 0 atom stereocenters. The highest BCUT2D eigenvalue weighted by Crippen LogP contribution is 2.24. The van der Waals surface area contributed by atoms with Crippen LogP contribution < -0.4 is 0 Å². The van der Waals surface area contributed by atoms with E-state index < -0.39 is 0 Å². The molecular formula is C13H13NS2. The molecule has 0 saturated heterocycles. The number of rotatable bonds is 2. The van der Waals surface area contributed by atoms with E-state index >= 15 is 0 Å². The molecule has 0 aliphatic rings. The number of nitrogens with zero attached hydrogens (tertiary/aromatic N) is 1. The molecule has 0 unspecified atom stereocenters. The number of benzene rings is 1. The summed E-state index contributed by atoms with van der Waals surface area (Å²) in [7, 11) is 4.02. The molecule has 0 fully saturated rings. The lowest BCUT2D eigenvalue weighted by Gasteiger charge is -2.03. The Morgan fingerprint density at radius 1 is 1.25 bits per heavy atom. The Balaban J connectivity index is 2.54. The van der Waals surface area contributed by atoms with Crippen LogP contribution in [0, 0.1) is 4.51 Å². The quantitative estimate of drug-likeness (QED) is 0.733. The van der Waals surface area contributed by atoms with E-state index in [4.69, 9.17) is 12.2 Å². The van der Waals surface area contributed by atoms with Crippen molar-refractivity contribution in [3.05, 3.63) is 45.9 Å². The van der Waals surface area contributed by atoms with Gasteiger partial charge >= 0.3 is 0 Å². The lowest BCUT2D eigenvalue weighted by Crippen LogP contribution is -1.99. The van der Waals surface area contributed by atoms with Gasteiger partial charge in [-0.05, 0) is 24.4 Å². The van der Waals surface area contributed by atoms with Crippen molar-refractivity contribution in [1.29, 1.82) is 0 Å². The van der Waals surface area contributed by atoms with Crippen LogP contribution in [0.15, 0.2) is 36.5 Å². The molecule has 0 saturated carbocycles. The van der Waals surface area contributed by atoms with Gasteiger partial charge in [-0.15, -0.1) is 11.3 Å². The second kappa shape index (κ2) is 4.76. The zero-order valence-corrected chi connectivity index (χ0v) is 10.9. The number of hydrogen-bond donors (Lipinski definition) is 0. The Morgan fingerprint density at radius 2 is 2.00 bits per heavy atom. The topological polar surface area (TPSA) is 3.24 Å². The molecule has 0 spiro atoms. The molecule has 16 heavy (non-hydrogen) atoms. The van der Waals surface area contributed by atoms with Gasteiger partial charge in [0.15, 0.2) is 0 Å². The van der Waals surface area contributed by atoms with Gasteiger partial charge in [-0.2, -0.15) is 0 Å². The van der Waals surface area contributed by atoms with Gasteiger partial charge in [-0.25, -0.2) is 0 Å². The van der Waals surface area contributed by atoms with E-state index in [9.17, 15) is 0 Å². The molecule has 1 aromatic heterocycles. The predicted molar refractivity (Wildman–Crippen MR) is 75.4 cm³/mol. The Kier molecular flexibility index (Phi) is 3.36. The summed E-state index contributed by atoms with van der Waals surface area (Å²) in [4.78, 5) is 3.21. The van der Waals surface area contributed by atoms with E-state index in [2.05, 4.69) is 24.3 Å². The summed E-state index contributed by atoms with van der Waals surface area (Å²) in [5.74, 6) is 0. The third-order valence-electron chi connectivity index (χ3n) is 2.19. The predicted octanol–water partition coefficient (Wildman–Crippen LogP) is 4.16. The molecular weight excluding hydrogens is 234 g/mol. The molecule has 0 bridgehead atoms. The lowest BCUT2D eigenvalue weighted by molar-refractivity contribution is 0.567. The van der Waals surface area contributed by atoms with Gasteiger partial charge in [-0.3, -0.25) is 0 Å². The van der Waals surface area contributed by atoms with Crippen LogP contribution in [-0.4, -0.2) is 19.0 Å². The van der Waals surface area contributed by atoms with Crippen LogP contribution in [0.1, 0.15) is 4.88 Å². The van der Waals surface area contributed by atoms with Crippen molar-refractivity contribution in [1.82, 2.24) is 4.90 Å². The molecule has 0 amide bonds. The molecule has 0 aliphatic carbocycles. The zero-order valence-electron chi connectivity index (χ0n) is 9.31. The molecule has 2 rings (SSSR count). The van der Waals surface area contributed by atoms with Gasteiger partial charge in [-0.1, -0.05) is 30.4 Å². The minimum absolute atomic E-state index is 0.924. The molecule has 2 aromatic rings. The maximum Gasteiger partial charge on any atom is 0.0477 e. The minimum Gasteiger partial charge on any atom is -0.383 e. The van der Waals surface area contributed by atoms with Gasteiger partial charge in [0.25, 0.3) is 0 Å². The Morgan fingerprint density at radius 3 is 2.75 bits per heavy atom. The summed E-state index contributed by atoms with van der Waals surface area (Å²) in [5.41, 5.74) is 0. The molecule has 1 nitrogen and oxygen atoms in total. The maximum atomic E-state index is 5.38. The first-order valence-electron chi connectivity index (χ1n) is 5.04. The molecule has 0 radical (unpaired) electrons. The van der Waals surface area contributed by atoms with Crippen molar-refractivity contribution in [2.24, 2.45) is 0 Å². The van der Waals surface area contributed by atoms with Crippen LogP contribution in [-0.2, 0) is 0 Å². The average molecular weight is 247 g/mol. The molecule has 0 aliphatic heterocycles. The van der Waals surface area contributed by atoms with Gasteiger partial charge in [0.05, 0.1) is 0 Å². The fourth-order valence-corrected chi connectivity index (χ4v) is 2.87. The third kappa shape index (κ3) is 2.49. The summed E-state index contributed by atoms with van der Waals surface area (Å²) >= 11 is 7.14. The summed E-state index contributed by atoms with van der Waals surface area (Å²) in [5, 5.41) is 1.17. The van der Waals surface area contributed by atoms with Crippen molar-refractivity contribution in [3.8, 4) is 0 Å². The van der Waals surface area contributed by atoms with Gasteiger partial charge in [0.2, 0.25) is 0 Å². The van der Waals surface area contributed by atoms with Crippen LogP contribution in [0.3, 0.4) is 0 Å². The molecule has 0 N–H and O–H groups in total. The zero-order chi connectivity index (χ0) is 11.5. The largest absolute Gasteiger partial charge is 0.383 e. The second-order valence-corrected chi connectivity index (χ2v) is 5.34. The van der Waals surface area contributed by atoms with Crippen LogP contribution >= 0.6 is 23.6 Å². The standard InChI is InChI=1S/C13H13NS2/c1-14(2)8-7-10-9-12(15)11-5-3-4-6-13(11)16-10/h3-9H,1-2H3. The van der Waals surface area contributed by atoms with Gasteiger partial charge < -0.3 is 4.90 Å². The monoisotopic (exact) mass is 247 g/mol. The van der Waals surface area contributed by atoms with Crippen molar-refractivity contribution < 1.29 is 0 Å².